The second-order valence-corrected chi connectivity index (χ2v) is 6.91. The summed E-state index contributed by atoms with van der Waals surface area (Å²) in [6.07, 6.45) is 2.10. The Morgan fingerprint density at radius 3 is 2.65 bits per heavy atom. The van der Waals surface area contributed by atoms with E-state index in [2.05, 4.69) is 27.9 Å². The molecular weight excluding hydrogens is 393 g/mol. The van der Waals surface area contributed by atoms with Gasteiger partial charge in [-0.25, -0.2) is 0 Å². The predicted molar refractivity (Wildman–Crippen MR) is 87.2 cm³/mol. The van der Waals surface area contributed by atoms with Crippen LogP contribution in [0, 0.1) is 9.49 Å². The summed E-state index contributed by atoms with van der Waals surface area (Å²) >= 11 is 8.09. The second-order valence-electron chi connectivity index (χ2n) is 5.31. The van der Waals surface area contributed by atoms with Crippen LogP contribution in [-0.2, 0) is 4.79 Å². The van der Waals surface area contributed by atoms with Crippen LogP contribution in [0.5, 0.6) is 0 Å². The third-order valence-electron chi connectivity index (χ3n) is 3.80. The van der Waals surface area contributed by atoms with Crippen LogP contribution in [0.1, 0.15) is 25.7 Å². The number of nitrogens with one attached hydrogen (secondary N) is 1. The lowest BCUT2D eigenvalue weighted by atomic mass is 9.79. The van der Waals surface area contributed by atoms with Crippen LogP contribution in [0.25, 0.3) is 0 Å². The number of carboxylic acids is 1. The minimum absolute atomic E-state index is 0.314. The van der Waals surface area contributed by atoms with Crippen molar-refractivity contribution in [1.29, 1.82) is 0 Å². The normalized spacial score (nSPS) is 26.2. The maximum absolute atomic E-state index is 10.9. The molecule has 0 aliphatic heterocycles. The number of aliphatic hydroxyl groups is 1. The van der Waals surface area contributed by atoms with E-state index in [1.807, 2.05) is 12.1 Å². The molecule has 1 aliphatic carbocycles. The van der Waals surface area contributed by atoms with Crippen LogP contribution < -0.4 is 5.32 Å². The van der Waals surface area contributed by atoms with Gasteiger partial charge in [-0.2, -0.15) is 0 Å². The van der Waals surface area contributed by atoms with E-state index in [1.54, 1.807) is 6.07 Å². The molecule has 0 amide bonds. The summed E-state index contributed by atoms with van der Waals surface area (Å²) in [5.41, 5.74) is 0.109. The molecule has 1 aromatic rings. The molecule has 0 heterocycles. The average Bonchev–Trinajstić information content (AvgIpc) is 2.38. The molecule has 1 aliphatic rings. The Bertz CT molecular complexity index is 501. The number of halogens is 2. The van der Waals surface area contributed by atoms with Crippen LogP contribution in [-0.4, -0.2) is 28.3 Å². The summed E-state index contributed by atoms with van der Waals surface area (Å²) < 4.78 is 0.998. The minimum Gasteiger partial charge on any atom is -0.481 e. The van der Waals surface area contributed by atoms with Gasteiger partial charge in [-0.05, 0) is 66.5 Å². The first-order valence-electron chi connectivity index (χ1n) is 6.54. The molecule has 0 radical (unpaired) electrons. The van der Waals surface area contributed by atoms with Crippen molar-refractivity contribution >= 4 is 45.8 Å². The van der Waals surface area contributed by atoms with Gasteiger partial charge in [0.15, 0.2) is 0 Å². The van der Waals surface area contributed by atoms with Crippen molar-refractivity contribution in [2.75, 3.05) is 11.9 Å². The van der Waals surface area contributed by atoms with Crippen molar-refractivity contribution in [3.05, 3.63) is 26.8 Å². The Morgan fingerprint density at radius 1 is 1.45 bits per heavy atom. The van der Waals surface area contributed by atoms with Gasteiger partial charge in [0, 0.05) is 20.8 Å². The average molecular weight is 410 g/mol. The number of rotatable bonds is 4. The minimum atomic E-state index is -0.825. The summed E-state index contributed by atoms with van der Waals surface area (Å²) in [7, 11) is 0. The highest BCUT2D eigenvalue weighted by molar-refractivity contribution is 14.1. The Labute approximate surface area is 136 Å². The zero-order valence-electron chi connectivity index (χ0n) is 10.9. The van der Waals surface area contributed by atoms with Crippen molar-refractivity contribution in [2.24, 2.45) is 5.92 Å². The highest BCUT2D eigenvalue weighted by Crippen LogP contribution is 2.33. The van der Waals surface area contributed by atoms with E-state index in [4.69, 9.17) is 16.7 Å². The third-order valence-corrected chi connectivity index (χ3v) is 4.93. The highest BCUT2D eigenvalue weighted by atomic mass is 127. The van der Waals surface area contributed by atoms with E-state index in [-0.39, 0.29) is 5.92 Å². The second kappa shape index (κ2) is 6.49. The van der Waals surface area contributed by atoms with E-state index in [0.29, 0.717) is 37.3 Å². The smallest absolute Gasteiger partial charge is 0.306 e. The summed E-state index contributed by atoms with van der Waals surface area (Å²) in [5.74, 6) is -1.07. The zero-order valence-corrected chi connectivity index (χ0v) is 13.8. The largest absolute Gasteiger partial charge is 0.481 e. The third kappa shape index (κ3) is 3.99. The lowest BCUT2D eigenvalue weighted by Gasteiger charge is -2.35. The molecule has 3 N–H and O–H groups in total. The van der Waals surface area contributed by atoms with Gasteiger partial charge < -0.3 is 15.5 Å². The number of benzene rings is 1. The molecule has 0 bridgehead atoms. The van der Waals surface area contributed by atoms with E-state index < -0.39 is 11.6 Å². The van der Waals surface area contributed by atoms with Crippen molar-refractivity contribution in [3.8, 4) is 0 Å². The van der Waals surface area contributed by atoms with Crippen molar-refractivity contribution < 1.29 is 15.0 Å². The van der Waals surface area contributed by atoms with Crippen molar-refractivity contribution in [3.63, 3.8) is 0 Å². The van der Waals surface area contributed by atoms with Gasteiger partial charge in [0.05, 0.1) is 11.5 Å². The van der Waals surface area contributed by atoms with Crippen LogP contribution in [0.3, 0.4) is 0 Å². The molecule has 1 aromatic carbocycles. The van der Waals surface area contributed by atoms with Gasteiger partial charge >= 0.3 is 5.97 Å². The molecule has 2 rings (SSSR count). The Hall–Kier alpha value is -0.530. The molecule has 6 heteroatoms. The highest BCUT2D eigenvalue weighted by Gasteiger charge is 2.35. The number of anilines is 1. The molecule has 1 saturated carbocycles. The van der Waals surface area contributed by atoms with Gasteiger partial charge in [0.2, 0.25) is 0 Å². The summed E-state index contributed by atoms with van der Waals surface area (Å²) in [6, 6.07) is 5.55. The van der Waals surface area contributed by atoms with Crippen LogP contribution >= 0.6 is 34.2 Å². The number of aliphatic carboxylic acids is 1. The molecular formula is C14H17ClINO3. The Morgan fingerprint density at radius 2 is 2.10 bits per heavy atom. The van der Waals surface area contributed by atoms with Crippen molar-refractivity contribution in [2.45, 2.75) is 31.3 Å². The maximum Gasteiger partial charge on any atom is 0.306 e. The molecule has 4 nitrogen and oxygen atoms in total. The first-order chi connectivity index (χ1) is 9.39. The Balaban J connectivity index is 1.92. The molecule has 0 atom stereocenters. The number of carbonyl (C=O) groups is 1. The van der Waals surface area contributed by atoms with Gasteiger partial charge in [-0.15, -0.1) is 0 Å². The number of carboxylic acid groups (broad SMARTS) is 1. The number of hydrogen-bond acceptors (Lipinski definition) is 3. The molecule has 0 spiro atoms. The van der Waals surface area contributed by atoms with E-state index in [9.17, 15) is 9.90 Å². The van der Waals surface area contributed by atoms with Crippen LogP contribution in [0.15, 0.2) is 18.2 Å². The van der Waals surface area contributed by atoms with Crippen LogP contribution in [0.4, 0.5) is 5.69 Å². The molecule has 0 aromatic heterocycles. The number of hydrogen-bond donors (Lipinski definition) is 3. The maximum atomic E-state index is 10.9. The fourth-order valence-electron chi connectivity index (χ4n) is 2.47. The van der Waals surface area contributed by atoms with Gasteiger partial charge in [0.25, 0.3) is 0 Å². The molecule has 1 fully saturated rings. The van der Waals surface area contributed by atoms with Crippen LogP contribution in [0.2, 0.25) is 5.02 Å². The van der Waals surface area contributed by atoms with Gasteiger partial charge in [-0.1, -0.05) is 11.6 Å². The fraction of sp³-hybridized carbons (Fsp3) is 0.500. The fourth-order valence-corrected chi connectivity index (χ4v) is 3.53. The lowest BCUT2D eigenvalue weighted by molar-refractivity contribution is -0.144. The lowest BCUT2D eigenvalue weighted by Crippen LogP contribution is -2.41. The molecule has 0 unspecified atom stereocenters. The molecule has 0 saturated heterocycles. The summed E-state index contributed by atoms with van der Waals surface area (Å²) in [6.45, 7) is 0.428. The molecule has 110 valence electrons. The monoisotopic (exact) mass is 409 g/mol. The van der Waals surface area contributed by atoms with E-state index in [0.717, 1.165) is 9.26 Å². The van der Waals surface area contributed by atoms with Gasteiger partial charge in [-0.3, -0.25) is 4.79 Å². The SMILES string of the molecule is O=C(O)C1CCC(O)(CNc2ccc(Cl)cc2I)CC1. The van der Waals surface area contributed by atoms with Gasteiger partial charge in [0.1, 0.15) is 0 Å². The van der Waals surface area contributed by atoms with E-state index >= 15 is 0 Å². The topological polar surface area (TPSA) is 69.6 Å². The zero-order chi connectivity index (χ0) is 14.8. The first kappa shape index (κ1) is 15.9. The first-order valence-corrected chi connectivity index (χ1v) is 7.99. The summed E-state index contributed by atoms with van der Waals surface area (Å²) in [5, 5.41) is 23.4. The molecule has 20 heavy (non-hydrogen) atoms. The predicted octanol–water partition coefficient (Wildman–Crippen LogP) is 3.36. The van der Waals surface area contributed by atoms with E-state index in [1.165, 1.54) is 0 Å². The van der Waals surface area contributed by atoms with Crippen molar-refractivity contribution in [1.82, 2.24) is 0 Å². The summed E-state index contributed by atoms with van der Waals surface area (Å²) in [4.78, 5) is 10.9. The Kier molecular flexibility index (Phi) is 5.14. The quantitative estimate of drug-likeness (QED) is 0.667. The standard InChI is InChI=1S/C14H17ClINO3/c15-10-1-2-12(11(16)7-10)17-8-14(20)5-3-9(4-6-14)13(18)19/h1-2,7,9,17,20H,3-6,8H2,(H,18,19).